The van der Waals surface area contributed by atoms with Gasteiger partial charge in [-0.1, -0.05) is 12.1 Å². The van der Waals surface area contributed by atoms with Gasteiger partial charge in [-0.25, -0.2) is 22.9 Å². The van der Waals surface area contributed by atoms with Crippen molar-refractivity contribution in [1.82, 2.24) is 35.5 Å². The van der Waals surface area contributed by atoms with Crippen LogP contribution in [0.1, 0.15) is 104 Å². The third-order valence-corrected chi connectivity index (χ3v) is 8.78. The molecule has 42 heavy (non-hydrogen) atoms. The zero-order chi connectivity index (χ0) is 29.8. The second kappa shape index (κ2) is 10.6. The van der Waals surface area contributed by atoms with Crippen LogP contribution in [0.5, 0.6) is 0 Å². The Bertz CT molecular complexity index is 1470. The lowest BCUT2D eigenvalue weighted by Gasteiger charge is -2.33. The number of nitrogens with zero attached hydrogens (tertiary/aromatic N) is 5. The van der Waals surface area contributed by atoms with Crippen LogP contribution in [-0.4, -0.2) is 54.9 Å². The average Bonchev–Trinajstić information content (AvgIpc) is 3.31. The molecule has 0 spiro atoms. The predicted octanol–water partition coefficient (Wildman–Crippen LogP) is 4.85. The average molecular weight is 596 g/mol. The highest BCUT2D eigenvalue weighted by Gasteiger charge is 2.50. The molecule has 2 N–H and O–H groups in total. The molecule has 3 aromatic rings. The Labute approximate surface area is 236 Å². The molecule has 1 aliphatic heterocycles. The molecule has 2 amide bonds. The molecule has 3 aliphatic rings. The van der Waals surface area contributed by atoms with Gasteiger partial charge >= 0.3 is 6.18 Å². The van der Waals surface area contributed by atoms with Crippen molar-refractivity contribution in [2.24, 2.45) is 11.8 Å². The van der Waals surface area contributed by atoms with E-state index in [1.54, 1.807) is 19.2 Å². The Kier molecular flexibility index (Phi) is 7.16. The van der Waals surface area contributed by atoms with Gasteiger partial charge in [0.05, 0.1) is 24.1 Å². The topological polar surface area (TPSA) is 127 Å². The lowest BCUT2D eigenvalue weighted by molar-refractivity contribution is -0.155. The Morgan fingerprint density at radius 2 is 1.95 bits per heavy atom. The summed E-state index contributed by atoms with van der Waals surface area (Å²) in [5.41, 5.74) is 1.85. The molecule has 10 nitrogen and oxygen atoms in total. The van der Waals surface area contributed by atoms with Gasteiger partial charge in [0, 0.05) is 24.7 Å². The number of aromatic nitrogens is 5. The molecule has 0 bridgehead atoms. The fourth-order valence-electron chi connectivity index (χ4n) is 6.29. The monoisotopic (exact) mass is 595 g/mol. The number of hydrogen-bond acceptors (Lipinski definition) is 7. The first-order chi connectivity index (χ1) is 19.9. The van der Waals surface area contributed by atoms with E-state index < -0.39 is 47.8 Å². The van der Waals surface area contributed by atoms with Crippen LogP contribution >= 0.6 is 0 Å². The van der Waals surface area contributed by atoms with Crippen LogP contribution in [-0.2, 0) is 4.79 Å². The van der Waals surface area contributed by atoms with Crippen LogP contribution in [0.3, 0.4) is 0 Å². The van der Waals surface area contributed by atoms with Crippen molar-refractivity contribution in [3.63, 3.8) is 0 Å². The van der Waals surface area contributed by atoms with Crippen molar-refractivity contribution in [2.45, 2.75) is 94.3 Å². The van der Waals surface area contributed by atoms with E-state index in [1.165, 1.54) is 10.7 Å². The zero-order valence-electron chi connectivity index (χ0n) is 22.7. The van der Waals surface area contributed by atoms with Crippen LogP contribution in [0.25, 0.3) is 5.65 Å². The van der Waals surface area contributed by atoms with E-state index in [4.69, 9.17) is 4.63 Å². The van der Waals surface area contributed by atoms with Crippen molar-refractivity contribution < 1.29 is 36.2 Å². The van der Waals surface area contributed by atoms with E-state index in [0.29, 0.717) is 29.0 Å². The summed E-state index contributed by atoms with van der Waals surface area (Å²) in [4.78, 5) is 30.4. The van der Waals surface area contributed by atoms with Gasteiger partial charge < -0.3 is 10.6 Å². The lowest BCUT2D eigenvalue weighted by atomic mass is 9.81. The summed E-state index contributed by atoms with van der Waals surface area (Å²) < 4.78 is 74.1. The fraction of sp³-hybridized carbons (Fsp3) is 0.630. The second-order valence-corrected chi connectivity index (χ2v) is 11.6. The normalized spacial score (nSPS) is 24.5. The number of halogens is 5. The minimum absolute atomic E-state index is 0.0607. The standard InChI is InChI=1S/C27H30F5N7O3/c1-2-16(17-10-19(27(30,31)32)35-24(17)40)15-9-20-34-18(12-39(20)33-11-15)21(14-5-7-26(28,29)8-6-14)36-25(41)23-22(13-3-4-13)37-42-38-23/h9,11-14,16-17,19,21H,2-8,10H2,1H3,(H,35,40)(H,36,41)/t16-,17-,19-,21-/m0/s1. The highest BCUT2D eigenvalue weighted by atomic mass is 19.4. The molecule has 0 aromatic carbocycles. The number of fused-ring (bicyclic) bond motifs is 1. The highest BCUT2D eigenvalue weighted by Crippen LogP contribution is 2.43. The van der Waals surface area contributed by atoms with Crippen LogP contribution in [0.15, 0.2) is 23.1 Å². The molecule has 2 aliphatic carbocycles. The lowest BCUT2D eigenvalue weighted by Crippen LogP contribution is -2.38. The molecule has 3 fully saturated rings. The number of hydrogen-bond donors (Lipinski definition) is 2. The van der Waals surface area contributed by atoms with Crippen molar-refractivity contribution >= 4 is 17.5 Å². The molecule has 2 saturated carbocycles. The highest BCUT2D eigenvalue weighted by molar-refractivity contribution is 5.93. The van der Waals surface area contributed by atoms with Gasteiger partial charge in [0.2, 0.25) is 11.8 Å². The van der Waals surface area contributed by atoms with E-state index in [1.807, 2.05) is 0 Å². The van der Waals surface area contributed by atoms with Crippen LogP contribution in [0.2, 0.25) is 0 Å². The molecular formula is C27H30F5N7O3. The summed E-state index contributed by atoms with van der Waals surface area (Å²) in [5.74, 6) is -5.61. The largest absolute Gasteiger partial charge is 0.408 e. The number of carbonyl (C=O) groups excluding carboxylic acids is 2. The Hall–Kier alpha value is -3.65. The molecule has 4 heterocycles. The summed E-state index contributed by atoms with van der Waals surface area (Å²) in [6.07, 6.45) is 0.0109. The Morgan fingerprint density at radius 1 is 1.21 bits per heavy atom. The molecule has 4 atom stereocenters. The molecule has 226 valence electrons. The van der Waals surface area contributed by atoms with Gasteiger partial charge in [0.1, 0.15) is 11.7 Å². The number of imidazole rings is 1. The minimum atomic E-state index is -4.53. The summed E-state index contributed by atoms with van der Waals surface area (Å²) in [6.45, 7) is 1.79. The van der Waals surface area contributed by atoms with Gasteiger partial charge in [-0.15, -0.1) is 0 Å². The number of alkyl halides is 5. The third-order valence-electron chi connectivity index (χ3n) is 8.78. The van der Waals surface area contributed by atoms with E-state index in [0.717, 1.165) is 12.8 Å². The van der Waals surface area contributed by atoms with E-state index in [9.17, 15) is 31.5 Å². The summed E-state index contributed by atoms with van der Waals surface area (Å²) >= 11 is 0. The van der Waals surface area contributed by atoms with Crippen molar-refractivity contribution in [1.29, 1.82) is 0 Å². The van der Waals surface area contributed by atoms with Gasteiger partial charge in [-0.2, -0.15) is 18.3 Å². The SMILES string of the molecule is CC[C@@H](c1cnn2cc([C@@H](NC(=O)c3nonc3C3CC3)C3CCC(F)(F)CC3)nc2c1)[C@@H]1C[C@@H](C(F)(F)F)NC1=O. The van der Waals surface area contributed by atoms with Crippen LogP contribution < -0.4 is 10.6 Å². The van der Waals surface area contributed by atoms with E-state index in [2.05, 4.69) is 31.0 Å². The molecule has 0 unspecified atom stereocenters. The molecule has 3 aromatic heterocycles. The van der Waals surface area contributed by atoms with Gasteiger partial charge in [-0.05, 0) is 67.1 Å². The van der Waals surface area contributed by atoms with Crippen LogP contribution in [0, 0.1) is 11.8 Å². The number of nitrogens with one attached hydrogen (secondary N) is 2. The maximum absolute atomic E-state index is 14.0. The van der Waals surface area contributed by atoms with Crippen LogP contribution in [0.4, 0.5) is 22.0 Å². The van der Waals surface area contributed by atoms with E-state index in [-0.39, 0.29) is 49.6 Å². The molecule has 15 heteroatoms. The van der Waals surface area contributed by atoms with Gasteiger partial charge in [0.15, 0.2) is 11.3 Å². The second-order valence-electron chi connectivity index (χ2n) is 11.6. The number of amides is 2. The first kappa shape index (κ1) is 28.5. The summed E-state index contributed by atoms with van der Waals surface area (Å²) in [7, 11) is 0. The third kappa shape index (κ3) is 5.56. The van der Waals surface area contributed by atoms with Crippen molar-refractivity contribution in [2.75, 3.05) is 0 Å². The zero-order valence-corrected chi connectivity index (χ0v) is 22.7. The first-order valence-corrected chi connectivity index (χ1v) is 14.2. The Balaban J connectivity index is 1.28. The molecule has 6 rings (SSSR count). The maximum Gasteiger partial charge on any atom is 0.408 e. The predicted molar refractivity (Wildman–Crippen MR) is 135 cm³/mol. The quantitative estimate of drug-likeness (QED) is 0.357. The molecule has 0 radical (unpaired) electrons. The summed E-state index contributed by atoms with van der Waals surface area (Å²) in [5, 5.41) is 17.0. The molecular weight excluding hydrogens is 565 g/mol. The maximum atomic E-state index is 14.0. The minimum Gasteiger partial charge on any atom is -0.344 e. The van der Waals surface area contributed by atoms with Crippen molar-refractivity contribution in [3.8, 4) is 0 Å². The van der Waals surface area contributed by atoms with Gasteiger partial charge in [-0.3, -0.25) is 9.59 Å². The fourth-order valence-corrected chi connectivity index (χ4v) is 6.29. The summed E-state index contributed by atoms with van der Waals surface area (Å²) in [6, 6.07) is -0.969. The first-order valence-electron chi connectivity index (χ1n) is 14.2. The Morgan fingerprint density at radius 3 is 2.60 bits per heavy atom. The number of rotatable bonds is 8. The molecule has 1 saturated heterocycles. The van der Waals surface area contributed by atoms with Gasteiger partial charge in [0.25, 0.3) is 5.91 Å². The van der Waals surface area contributed by atoms with Crippen molar-refractivity contribution in [3.05, 3.63) is 41.1 Å². The smallest absolute Gasteiger partial charge is 0.344 e. The number of carbonyl (C=O) groups is 2. The van der Waals surface area contributed by atoms with E-state index >= 15 is 0 Å².